The maximum Gasteiger partial charge on any atom is 0.341 e. The van der Waals surface area contributed by atoms with Gasteiger partial charge in [0.2, 0.25) is 10.0 Å². The number of sulfonamides is 1. The van der Waals surface area contributed by atoms with Crippen molar-refractivity contribution in [3.63, 3.8) is 0 Å². The Morgan fingerprint density at radius 1 is 1.20 bits per heavy atom. The molecule has 8 nitrogen and oxygen atoms in total. The molecular formula is C24H23FIN3O5S. The van der Waals surface area contributed by atoms with Crippen LogP contribution in [0.3, 0.4) is 0 Å². The fraction of sp³-hybridized carbons (Fsp3) is 0.250. The topological polar surface area (TPSA) is 121 Å². The number of hydrogen-bond donors (Lipinski definition) is 3. The predicted molar refractivity (Wildman–Crippen MR) is 142 cm³/mol. The second kappa shape index (κ2) is 9.26. The maximum atomic E-state index is 14.6. The van der Waals surface area contributed by atoms with Gasteiger partial charge in [-0.1, -0.05) is 19.1 Å². The Labute approximate surface area is 214 Å². The van der Waals surface area contributed by atoms with E-state index in [2.05, 4.69) is 15.0 Å². The molecule has 3 N–H and O–H groups in total. The molecule has 1 aliphatic rings. The Hall–Kier alpha value is -2.93. The van der Waals surface area contributed by atoms with Crippen molar-refractivity contribution in [2.24, 2.45) is 5.92 Å². The van der Waals surface area contributed by atoms with E-state index in [0.29, 0.717) is 20.5 Å². The van der Waals surface area contributed by atoms with Gasteiger partial charge in [-0.15, -0.1) is 0 Å². The first-order valence-corrected chi connectivity index (χ1v) is 13.6. The van der Waals surface area contributed by atoms with Crippen LogP contribution in [-0.2, 0) is 10.0 Å². The molecule has 0 aliphatic heterocycles. The lowest BCUT2D eigenvalue weighted by atomic mass is 9.81. The Bertz CT molecular complexity index is 1640. The van der Waals surface area contributed by atoms with Crippen LogP contribution in [0.4, 0.5) is 15.8 Å². The lowest BCUT2D eigenvalue weighted by Gasteiger charge is -2.28. The summed E-state index contributed by atoms with van der Waals surface area (Å²) in [6.07, 6.45) is 6.29. The second-order valence-corrected chi connectivity index (χ2v) is 11.5. The summed E-state index contributed by atoms with van der Waals surface area (Å²) in [5.41, 5.74) is 0.753. The Morgan fingerprint density at radius 3 is 2.57 bits per heavy atom. The number of aromatic amines is 1. The largest absolute Gasteiger partial charge is 0.422 e. The molecule has 0 saturated carbocycles. The molecule has 4 rings (SSSR count). The number of anilines is 2. The molecule has 3 aromatic rings. The minimum absolute atomic E-state index is 0.0670. The van der Waals surface area contributed by atoms with Crippen molar-refractivity contribution in [2.45, 2.75) is 26.7 Å². The van der Waals surface area contributed by atoms with Crippen LogP contribution in [0.25, 0.3) is 11.0 Å². The summed E-state index contributed by atoms with van der Waals surface area (Å²) in [6, 6.07) is 4.56. The quantitative estimate of drug-likeness (QED) is 0.370. The minimum atomic E-state index is -3.51. The highest BCUT2D eigenvalue weighted by Crippen LogP contribution is 2.39. The molecule has 0 radical (unpaired) electrons. The number of fused-ring (bicyclic) bond motifs is 1. The lowest BCUT2D eigenvalue weighted by Crippen LogP contribution is -2.29. The van der Waals surface area contributed by atoms with E-state index >= 15 is 0 Å². The molecule has 0 bridgehead atoms. The van der Waals surface area contributed by atoms with Gasteiger partial charge in [0.25, 0.3) is 5.56 Å². The van der Waals surface area contributed by atoms with E-state index in [1.165, 1.54) is 19.1 Å². The van der Waals surface area contributed by atoms with Crippen molar-refractivity contribution in [1.82, 2.24) is 9.71 Å². The summed E-state index contributed by atoms with van der Waals surface area (Å²) >= 11 is 1.99. The Kier molecular flexibility index (Phi) is 6.66. The lowest BCUT2D eigenvalue weighted by molar-refractivity contribution is 0.526. The Balaban J connectivity index is 1.94. The van der Waals surface area contributed by atoms with Gasteiger partial charge in [0.05, 0.1) is 23.2 Å². The van der Waals surface area contributed by atoms with E-state index in [4.69, 9.17) is 4.42 Å². The number of H-pyrrole nitrogens is 1. The molecule has 0 fully saturated rings. The number of nitrogens with one attached hydrogen (secondary N) is 3. The summed E-state index contributed by atoms with van der Waals surface area (Å²) in [5, 5.41) is 2.99. The van der Waals surface area contributed by atoms with Gasteiger partial charge in [0, 0.05) is 32.4 Å². The van der Waals surface area contributed by atoms with Crippen molar-refractivity contribution in [3.05, 3.63) is 89.1 Å². The molecule has 0 amide bonds. The van der Waals surface area contributed by atoms with E-state index < -0.39 is 32.9 Å². The molecule has 1 aromatic carbocycles. The molecular weight excluding hydrogens is 588 g/mol. The van der Waals surface area contributed by atoms with Crippen LogP contribution in [0, 0.1) is 29.2 Å². The Morgan fingerprint density at radius 2 is 1.91 bits per heavy atom. The number of rotatable bonds is 5. The van der Waals surface area contributed by atoms with Gasteiger partial charge >= 0.3 is 5.63 Å². The summed E-state index contributed by atoms with van der Waals surface area (Å²) in [4.78, 5) is 28.8. The van der Waals surface area contributed by atoms with Crippen molar-refractivity contribution >= 4 is 55.0 Å². The van der Waals surface area contributed by atoms with Gasteiger partial charge < -0.3 is 14.7 Å². The average Bonchev–Trinajstić information content (AvgIpc) is 2.74. The first kappa shape index (κ1) is 25.2. The van der Waals surface area contributed by atoms with Gasteiger partial charge in [-0.05, 0) is 60.7 Å². The second-order valence-electron chi connectivity index (χ2n) is 8.53. The summed E-state index contributed by atoms with van der Waals surface area (Å²) in [5.74, 6) is -1.30. The normalized spacial score (nSPS) is 17.9. The molecule has 2 heterocycles. The van der Waals surface area contributed by atoms with Crippen LogP contribution >= 0.6 is 22.6 Å². The number of allylic oxidation sites excluding steroid dienone is 4. The zero-order valence-corrected chi connectivity index (χ0v) is 22.3. The number of benzene rings is 1. The molecule has 1 aliphatic carbocycles. The highest BCUT2D eigenvalue weighted by Gasteiger charge is 2.30. The first-order chi connectivity index (χ1) is 16.4. The third-order valence-corrected chi connectivity index (χ3v) is 7.26. The van der Waals surface area contributed by atoms with Crippen LogP contribution < -0.4 is 21.2 Å². The molecule has 1 unspecified atom stereocenters. The van der Waals surface area contributed by atoms with Gasteiger partial charge in [0.15, 0.2) is 5.58 Å². The van der Waals surface area contributed by atoms with Crippen LogP contribution in [0.2, 0.25) is 0 Å². The number of halogens is 2. The van der Waals surface area contributed by atoms with Gasteiger partial charge in [-0.25, -0.2) is 17.6 Å². The molecule has 2 aromatic heterocycles. The van der Waals surface area contributed by atoms with Crippen molar-refractivity contribution in [1.29, 1.82) is 0 Å². The third-order valence-electron chi connectivity index (χ3n) is 5.98. The van der Waals surface area contributed by atoms with E-state index in [1.54, 1.807) is 25.1 Å². The van der Waals surface area contributed by atoms with Gasteiger partial charge in [0.1, 0.15) is 11.2 Å². The van der Waals surface area contributed by atoms with Crippen LogP contribution in [0.5, 0.6) is 0 Å². The molecule has 184 valence electrons. The molecule has 0 saturated heterocycles. The SMILES string of the molecule is Cc1[nH]c(=O)c2c(Nc3ccc(I)cc3F)c(C)c(=O)oc2c1C1C=CC=C(NS(C)(=O)=O)[C@H]1C. The number of aromatic nitrogens is 1. The van der Waals surface area contributed by atoms with Crippen molar-refractivity contribution in [3.8, 4) is 0 Å². The van der Waals surface area contributed by atoms with Crippen LogP contribution in [-0.4, -0.2) is 19.7 Å². The predicted octanol–water partition coefficient (Wildman–Crippen LogP) is 4.31. The van der Waals surface area contributed by atoms with Crippen molar-refractivity contribution in [2.75, 3.05) is 11.6 Å². The highest BCUT2D eigenvalue weighted by atomic mass is 127. The highest BCUT2D eigenvalue weighted by molar-refractivity contribution is 14.1. The zero-order valence-electron chi connectivity index (χ0n) is 19.3. The average molecular weight is 611 g/mol. The monoisotopic (exact) mass is 611 g/mol. The minimum Gasteiger partial charge on any atom is -0.422 e. The zero-order chi connectivity index (χ0) is 25.7. The third kappa shape index (κ3) is 4.92. The number of pyridine rings is 1. The van der Waals surface area contributed by atoms with Crippen LogP contribution in [0.1, 0.15) is 29.7 Å². The summed E-state index contributed by atoms with van der Waals surface area (Å²) in [6.45, 7) is 5.02. The molecule has 35 heavy (non-hydrogen) atoms. The number of aryl methyl sites for hydroxylation is 1. The molecule has 2 atom stereocenters. The maximum absolute atomic E-state index is 14.6. The van der Waals surface area contributed by atoms with Crippen LogP contribution in [0.15, 0.2) is 56.1 Å². The van der Waals surface area contributed by atoms with E-state index in [-0.39, 0.29) is 33.8 Å². The van der Waals surface area contributed by atoms with Gasteiger partial charge in [-0.2, -0.15) is 0 Å². The van der Waals surface area contributed by atoms with Crippen molar-refractivity contribution < 1.29 is 17.2 Å². The van der Waals surface area contributed by atoms with E-state index in [0.717, 1.165) is 6.26 Å². The standard InChI is InChI=1S/C24H23FIN3O5S/c1-11-15(6-5-7-17(11)29-35(4,32)33)19-13(3)27-23(30)20-21(12(2)24(31)34-22(19)20)28-18-9-8-14(26)10-16(18)25/h5-11,15,28-29H,1-4H3,(H,27,30)/t11-,15?/m0/s1. The fourth-order valence-electron chi connectivity index (χ4n) is 4.26. The molecule has 0 spiro atoms. The fourth-order valence-corrected chi connectivity index (χ4v) is 5.40. The summed E-state index contributed by atoms with van der Waals surface area (Å²) in [7, 11) is -3.51. The molecule has 11 heteroatoms. The first-order valence-electron chi connectivity index (χ1n) is 10.7. The van der Waals surface area contributed by atoms with E-state index in [1.807, 2.05) is 35.6 Å². The summed E-state index contributed by atoms with van der Waals surface area (Å²) < 4.78 is 47.2. The van der Waals surface area contributed by atoms with Gasteiger partial charge in [-0.3, -0.25) is 9.52 Å². The number of hydrogen-bond acceptors (Lipinski definition) is 6. The van der Waals surface area contributed by atoms with E-state index in [9.17, 15) is 22.4 Å². The smallest absolute Gasteiger partial charge is 0.341 e.